The lowest BCUT2D eigenvalue weighted by Gasteiger charge is -2.34. The Labute approximate surface area is 352 Å². The number of carbonyl (C=O) groups is 1. The van der Waals surface area contributed by atoms with Gasteiger partial charge in [0.15, 0.2) is 0 Å². The van der Waals surface area contributed by atoms with Gasteiger partial charge in [0.2, 0.25) is 0 Å². The van der Waals surface area contributed by atoms with Gasteiger partial charge in [0.1, 0.15) is 29.2 Å². The van der Waals surface area contributed by atoms with Gasteiger partial charge in [0.25, 0.3) is 5.91 Å². The highest BCUT2D eigenvalue weighted by atomic mass is 35.5. The summed E-state index contributed by atoms with van der Waals surface area (Å²) in [5.41, 5.74) is 8.38. The molecule has 2 N–H and O–H groups in total. The molecule has 1 aliphatic rings. The number of ether oxygens (including phenoxy) is 1. The van der Waals surface area contributed by atoms with Crippen LogP contribution in [0.25, 0.3) is 16.6 Å². The number of benzene rings is 4. The van der Waals surface area contributed by atoms with Gasteiger partial charge in [-0.3, -0.25) is 9.20 Å². The standard InChI is InChI=1S/C29H28ClF3N4O2.C17H18N4/c1-2-25-27(37-18-22(30)7-12-26(37)35-25)28(38)34-17-19-3-8-23(9-4-19)36-15-13-21(14-16-36)20-5-10-24(11-6-20)39-29(31,32)33;1-21(2)14-9-7-13(8-10-14)11-18-17-15-5-3-4-6-16(15)19-12-20-17/h3-12,18,21H,2,13-17H2,1H3,(H,34,38);3-10,12H,11H2,1-2H3,(H,18,19,20). The van der Waals surface area contributed by atoms with Gasteiger partial charge in [0, 0.05) is 63.2 Å². The first-order valence-corrected chi connectivity index (χ1v) is 20.2. The summed E-state index contributed by atoms with van der Waals surface area (Å²) in [7, 11) is 4.08. The normalized spacial score (nSPS) is 13.2. The van der Waals surface area contributed by atoms with E-state index in [0.717, 1.165) is 71.7 Å². The van der Waals surface area contributed by atoms with E-state index < -0.39 is 6.36 Å². The molecule has 0 atom stereocenters. The Balaban J connectivity index is 0.000000218. The van der Waals surface area contributed by atoms with Crippen LogP contribution in [0.3, 0.4) is 0 Å². The van der Waals surface area contributed by atoms with Crippen molar-refractivity contribution in [2.24, 2.45) is 0 Å². The number of piperidine rings is 1. The van der Waals surface area contributed by atoms with E-state index in [2.05, 4.69) is 76.5 Å². The summed E-state index contributed by atoms with van der Waals surface area (Å²) >= 11 is 6.14. The zero-order valence-corrected chi connectivity index (χ0v) is 34.3. The number of amides is 1. The highest BCUT2D eigenvalue weighted by molar-refractivity contribution is 6.30. The number of alkyl halides is 3. The molecule has 310 valence electrons. The highest BCUT2D eigenvalue weighted by Gasteiger charge is 2.31. The van der Waals surface area contributed by atoms with Crippen LogP contribution in [0, 0.1) is 0 Å². The molecule has 0 saturated carbocycles. The minimum atomic E-state index is -4.68. The van der Waals surface area contributed by atoms with Crippen molar-refractivity contribution in [3.8, 4) is 5.75 Å². The Morgan fingerprint density at radius 1 is 0.867 bits per heavy atom. The first kappa shape index (κ1) is 41.8. The molecule has 1 aliphatic heterocycles. The topological polar surface area (TPSA) is 99.9 Å². The van der Waals surface area contributed by atoms with Crippen molar-refractivity contribution in [1.29, 1.82) is 0 Å². The summed E-state index contributed by atoms with van der Waals surface area (Å²) in [4.78, 5) is 30.6. The van der Waals surface area contributed by atoms with E-state index in [4.69, 9.17) is 11.6 Å². The maximum Gasteiger partial charge on any atom is 0.573 e. The number of anilines is 3. The average molecular weight is 835 g/mol. The fourth-order valence-electron chi connectivity index (χ4n) is 7.30. The number of hydrogen-bond acceptors (Lipinski definition) is 8. The van der Waals surface area contributed by atoms with Gasteiger partial charge < -0.3 is 25.2 Å². The summed E-state index contributed by atoms with van der Waals surface area (Å²) in [5, 5.41) is 7.97. The third-order valence-corrected chi connectivity index (χ3v) is 10.7. The van der Waals surface area contributed by atoms with Crippen LogP contribution >= 0.6 is 11.6 Å². The molecule has 4 aromatic carbocycles. The van der Waals surface area contributed by atoms with E-state index in [-0.39, 0.29) is 17.6 Å². The minimum Gasteiger partial charge on any atom is -0.406 e. The van der Waals surface area contributed by atoms with E-state index in [1.807, 2.05) is 57.4 Å². The lowest BCUT2D eigenvalue weighted by Crippen LogP contribution is -2.32. The van der Waals surface area contributed by atoms with Crippen molar-refractivity contribution in [1.82, 2.24) is 24.7 Å². The predicted molar refractivity (Wildman–Crippen MR) is 232 cm³/mol. The fraction of sp³-hybridized carbons (Fsp3) is 0.261. The maximum atomic E-state index is 13.0. The van der Waals surface area contributed by atoms with Crippen LogP contribution in [-0.4, -0.2) is 58.8 Å². The zero-order valence-electron chi connectivity index (χ0n) is 33.6. The molecule has 0 spiro atoms. The molecule has 0 bridgehead atoms. The Hall–Kier alpha value is -6.34. The second-order valence-corrected chi connectivity index (χ2v) is 15.2. The van der Waals surface area contributed by atoms with E-state index >= 15 is 0 Å². The fourth-order valence-corrected chi connectivity index (χ4v) is 7.46. The summed E-state index contributed by atoms with van der Waals surface area (Å²) in [6, 6.07) is 34.4. The molecule has 0 unspecified atom stereocenters. The highest BCUT2D eigenvalue weighted by Crippen LogP contribution is 2.32. The minimum absolute atomic E-state index is 0.200. The third kappa shape index (κ3) is 10.4. The van der Waals surface area contributed by atoms with Crippen molar-refractivity contribution < 1.29 is 22.7 Å². The first-order chi connectivity index (χ1) is 28.9. The summed E-state index contributed by atoms with van der Waals surface area (Å²) < 4.78 is 42.9. The SMILES string of the molecule is CCc1nc2ccc(Cl)cn2c1C(=O)NCc1ccc(N2CCC(c3ccc(OC(F)(F)F)cc3)CC2)cc1.CN(C)c1ccc(CNc2ncnc3ccccc23)cc1. The van der Waals surface area contributed by atoms with Crippen LogP contribution in [0.1, 0.15) is 58.6 Å². The first-order valence-electron chi connectivity index (χ1n) is 19.8. The number of nitrogens with one attached hydrogen (secondary N) is 2. The molecule has 1 saturated heterocycles. The number of pyridine rings is 1. The van der Waals surface area contributed by atoms with Gasteiger partial charge in [-0.15, -0.1) is 13.2 Å². The number of carbonyl (C=O) groups excluding carboxylic acids is 1. The Morgan fingerprint density at radius 2 is 1.55 bits per heavy atom. The molecule has 14 heteroatoms. The van der Waals surface area contributed by atoms with Crippen LogP contribution < -0.4 is 25.2 Å². The molecule has 3 aromatic heterocycles. The number of aromatic nitrogens is 4. The lowest BCUT2D eigenvalue weighted by molar-refractivity contribution is -0.274. The van der Waals surface area contributed by atoms with E-state index in [1.54, 1.807) is 41.2 Å². The largest absolute Gasteiger partial charge is 0.573 e. The van der Waals surface area contributed by atoms with E-state index in [0.29, 0.717) is 29.3 Å². The number of imidazole rings is 1. The predicted octanol–water partition coefficient (Wildman–Crippen LogP) is 10.1. The van der Waals surface area contributed by atoms with Crippen LogP contribution in [0.2, 0.25) is 5.02 Å². The van der Waals surface area contributed by atoms with Gasteiger partial charge >= 0.3 is 6.36 Å². The van der Waals surface area contributed by atoms with Crippen molar-refractivity contribution >= 4 is 51.3 Å². The molecule has 7 aromatic rings. The van der Waals surface area contributed by atoms with Gasteiger partial charge in [-0.2, -0.15) is 0 Å². The molecule has 60 heavy (non-hydrogen) atoms. The molecular weight excluding hydrogens is 789 g/mol. The van der Waals surface area contributed by atoms with Crippen molar-refractivity contribution in [3.63, 3.8) is 0 Å². The molecular formula is C46H46ClF3N8O2. The summed E-state index contributed by atoms with van der Waals surface area (Å²) in [5.74, 6) is 0.759. The third-order valence-electron chi connectivity index (χ3n) is 10.5. The average Bonchev–Trinajstić information content (AvgIpc) is 3.63. The molecule has 1 fully saturated rings. The van der Waals surface area contributed by atoms with Gasteiger partial charge in [-0.05, 0) is 103 Å². The Bertz CT molecular complexity index is 2520. The van der Waals surface area contributed by atoms with Gasteiger partial charge in [-0.1, -0.05) is 67.1 Å². The van der Waals surface area contributed by atoms with Crippen molar-refractivity contribution in [3.05, 3.63) is 155 Å². The van der Waals surface area contributed by atoms with Crippen LogP contribution in [0.15, 0.2) is 122 Å². The molecule has 1 amide bonds. The number of fused-ring (bicyclic) bond motifs is 2. The maximum absolute atomic E-state index is 13.0. The summed E-state index contributed by atoms with van der Waals surface area (Å²) in [6.45, 7) is 4.78. The number of hydrogen-bond donors (Lipinski definition) is 2. The molecule has 0 aliphatic carbocycles. The van der Waals surface area contributed by atoms with Crippen LogP contribution in [0.5, 0.6) is 5.75 Å². The van der Waals surface area contributed by atoms with Gasteiger partial charge in [0.05, 0.1) is 16.2 Å². The summed E-state index contributed by atoms with van der Waals surface area (Å²) in [6.07, 6.45) is 1.05. The molecule has 0 radical (unpaired) electrons. The number of rotatable bonds is 11. The Kier molecular flexibility index (Phi) is 13.0. The molecule has 8 rings (SSSR count). The van der Waals surface area contributed by atoms with Crippen LogP contribution in [0.4, 0.5) is 30.4 Å². The van der Waals surface area contributed by atoms with Gasteiger partial charge in [-0.25, -0.2) is 15.0 Å². The van der Waals surface area contributed by atoms with Crippen molar-refractivity contribution in [2.75, 3.05) is 42.3 Å². The molecule has 10 nitrogen and oxygen atoms in total. The number of nitrogens with zero attached hydrogens (tertiary/aromatic N) is 6. The van der Waals surface area contributed by atoms with E-state index in [1.165, 1.54) is 23.4 Å². The second kappa shape index (κ2) is 18.7. The number of halogens is 4. The van der Waals surface area contributed by atoms with E-state index in [9.17, 15) is 18.0 Å². The second-order valence-electron chi connectivity index (χ2n) is 14.7. The zero-order chi connectivity index (χ0) is 42.2. The van der Waals surface area contributed by atoms with Crippen LogP contribution in [-0.2, 0) is 19.5 Å². The monoisotopic (exact) mass is 834 g/mol. The quantitative estimate of drug-likeness (QED) is 0.133. The van der Waals surface area contributed by atoms with Crippen molar-refractivity contribution in [2.45, 2.75) is 51.6 Å². The molecule has 4 heterocycles. The lowest BCUT2D eigenvalue weighted by atomic mass is 9.89. The number of para-hydroxylation sites is 1. The smallest absolute Gasteiger partial charge is 0.406 e. The Morgan fingerprint density at radius 3 is 2.23 bits per heavy atom. The number of aryl methyl sites for hydroxylation is 1.